The van der Waals surface area contributed by atoms with Gasteiger partial charge in [-0.15, -0.1) is 5.10 Å². The Labute approximate surface area is 169 Å². The van der Waals surface area contributed by atoms with Crippen molar-refractivity contribution in [1.82, 2.24) is 30.1 Å². The molecule has 1 amide bonds. The molecule has 0 unspecified atom stereocenters. The van der Waals surface area contributed by atoms with Gasteiger partial charge in [0.25, 0.3) is 5.91 Å². The van der Waals surface area contributed by atoms with Crippen LogP contribution in [0.1, 0.15) is 27.7 Å². The molecule has 0 fully saturated rings. The Hall–Kier alpha value is -3.74. The van der Waals surface area contributed by atoms with Gasteiger partial charge in [0.05, 0.1) is 18.8 Å². The van der Waals surface area contributed by atoms with E-state index in [2.05, 4.69) is 32.9 Å². The lowest BCUT2D eigenvalue weighted by Gasteiger charge is -2.18. The maximum absolute atomic E-state index is 12.8. The molecule has 2 aromatic carbocycles. The number of benzene rings is 2. The van der Waals surface area contributed by atoms with Crippen LogP contribution in [-0.4, -0.2) is 30.7 Å². The number of aryl methyl sites for hydroxylation is 2. The molecule has 0 radical (unpaired) electrons. The largest absolute Gasteiger partial charge is 0.342 e. The Bertz CT molecular complexity index is 1030. The van der Waals surface area contributed by atoms with Crippen molar-refractivity contribution >= 4 is 5.91 Å². The number of amides is 1. The van der Waals surface area contributed by atoms with Gasteiger partial charge in [-0.25, -0.2) is 0 Å². The van der Waals surface area contributed by atoms with E-state index in [0.29, 0.717) is 18.8 Å². The molecule has 0 aliphatic rings. The monoisotopic (exact) mass is 386 g/mol. The number of nitrogens with zero attached hydrogens (tertiary/aromatic N) is 5. The predicted octanol–water partition coefficient (Wildman–Crippen LogP) is 2.89. The van der Waals surface area contributed by atoms with Gasteiger partial charge in [0.1, 0.15) is 0 Å². The SMILES string of the molecule is O=C(N[C@H](Cn1cccn1)c1ccccc1)c1cn(CCc2ccccc2)nn1. The first-order valence-corrected chi connectivity index (χ1v) is 9.55. The minimum absolute atomic E-state index is 0.224. The summed E-state index contributed by atoms with van der Waals surface area (Å²) in [6, 6.07) is 21.7. The van der Waals surface area contributed by atoms with Gasteiger partial charge in [-0.2, -0.15) is 5.10 Å². The van der Waals surface area contributed by atoms with Gasteiger partial charge in [-0.3, -0.25) is 14.2 Å². The normalized spacial score (nSPS) is 11.9. The molecule has 0 spiro atoms. The van der Waals surface area contributed by atoms with Gasteiger partial charge in [-0.1, -0.05) is 65.9 Å². The van der Waals surface area contributed by atoms with E-state index < -0.39 is 0 Å². The number of aromatic nitrogens is 5. The summed E-state index contributed by atoms with van der Waals surface area (Å²) < 4.78 is 3.50. The maximum Gasteiger partial charge on any atom is 0.274 e. The smallest absolute Gasteiger partial charge is 0.274 e. The molecular formula is C22H22N6O. The van der Waals surface area contributed by atoms with Gasteiger partial charge in [-0.05, 0) is 23.6 Å². The molecule has 1 N–H and O–H groups in total. The van der Waals surface area contributed by atoms with Crippen molar-refractivity contribution in [1.29, 1.82) is 0 Å². The van der Waals surface area contributed by atoms with Crippen molar-refractivity contribution in [2.24, 2.45) is 0 Å². The standard InChI is InChI=1S/C22H22N6O/c29-22(21-17-28(26-25-21)15-12-18-8-3-1-4-9-18)24-20(16-27-14-7-13-23-27)19-10-5-2-6-11-19/h1-11,13-14,17,20H,12,15-16H2,(H,24,29)/t20-/m1/s1. The summed E-state index contributed by atoms with van der Waals surface area (Å²) in [5, 5.41) is 15.5. The first-order chi connectivity index (χ1) is 14.3. The van der Waals surface area contributed by atoms with Crippen LogP contribution in [0.25, 0.3) is 0 Å². The molecule has 7 nitrogen and oxygen atoms in total. The quantitative estimate of drug-likeness (QED) is 0.505. The highest BCUT2D eigenvalue weighted by Crippen LogP contribution is 2.15. The van der Waals surface area contributed by atoms with E-state index in [1.807, 2.05) is 60.8 Å². The lowest BCUT2D eigenvalue weighted by Crippen LogP contribution is -2.31. The van der Waals surface area contributed by atoms with E-state index >= 15 is 0 Å². The van der Waals surface area contributed by atoms with Crippen LogP contribution >= 0.6 is 0 Å². The van der Waals surface area contributed by atoms with Gasteiger partial charge in [0.2, 0.25) is 0 Å². The summed E-state index contributed by atoms with van der Waals surface area (Å²) in [5.41, 5.74) is 2.53. The Morgan fingerprint density at radius 3 is 2.45 bits per heavy atom. The van der Waals surface area contributed by atoms with Crippen LogP contribution in [0.3, 0.4) is 0 Å². The first-order valence-electron chi connectivity index (χ1n) is 9.55. The molecule has 1 atom stereocenters. The van der Waals surface area contributed by atoms with Gasteiger partial charge >= 0.3 is 0 Å². The molecule has 7 heteroatoms. The van der Waals surface area contributed by atoms with E-state index in [4.69, 9.17) is 0 Å². The second kappa shape index (κ2) is 8.97. The molecule has 0 aliphatic heterocycles. The average Bonchev–Trinajstić information content (AvgIpc) is 3.45. The molecule has 2 heterocycles. The van der Waals surface area contributed by atoms with Crippen LogP contribution in [0.5, 0.6) is 0 Å². The number of carbonyl (C=O) groups excluding carboxylic acids is 1. The molecule has 0 aliphatic carbocycles. The molecule has 0 saturated heterocycles. The van der Waals surface area contributed by atoms with Crippen LogP contribution in [-0.2, 0) is 19.5 Å². The average molecular weight is 386 g/mol. The molecule has 0 saturated carbocycles. The molecule has 146 valence electrons. The molecule has 4 aromatic rings. The van der Waals surface area contributed by atoms with Crippen molar-refractivity contribution in [2.75, 3.05) is 0 Å². The van der Waals surface area contributed by atoms with Crippen molar-refractivity contribution in [3.8, 4) is 0 Å². The highest BCUT2D eigenvalue weighted by Gasteiger charge is 2.19. The van der Waals surface area contributed by atoms with Crippen LogP contribution in [0.4, 0.5) is 0 Å². The van der Waals surface area contributed by atoms with Crippen molar-refractivity contribution < 1.29 is 4.79 Å². The summed E-state index contributed by atoms with van der Waals surface area (Å²) in [7, 11) is 0. The summed E-state index contributed by atoms with van der Waals surface area (Å²) in [6.07, 6.45) is 6.12. The summed E-state index contributed by atoms with van der Waals surface area (Å²) >= 11 is 0. The molecule has 29 heavy (non-hydrogen) atoms. The van der Waals surface area contributed by atoms with E-state index in [-0.39, 0.29) is 11.9 Å². The third-order valence-electron chi connectivity index (χ3n) is 4.68. The third kappa shape index (κ3) is 4.95. The topological polar surface area (TPSA) is 77.6 Å². The van der Waals surface area contributed by atoms with E-state index in [1.54, 1.807) is 21.8 Å². The predicted molar refractivity (Wildman–Crippen MR) is 109 cm³/mol. The highest BCUT2D eigenvalue weighted by atomic mass is 16.2. The summed E-state index contributed by atoms with van der Waals surface area (Å²) in [6.45, 7) is 1.20. The zero-order chi connectivity index (χ0) is 19.9. The molecule has 4 rings (SSSR count). The van der Waals surface area contributed by atoms with Crippen molar-refractivity contribution in [3.63, 3.8) is 0 Å². The second-order valence-electron chi connectivity index (χ2n) is 6.77. The number of hydrogen-bond acceptors (Lipinski definition) is 4. The van der Waals surface area contributed by atoms with E-state index in [1.165, 1.54) is 5.56 Å². The Morgan fingerprint density at radius 2 is 1.72 bits per heavy atom. The van der Waals surface area contributed by atoms with Crippen LogP contribution in [0.2, 0.25) is 0 Å². The van der Waals surface area contributed by atoms with Crippen molar-refractivity contribution in [2.45, 2.75) is 25.6 Å². The summed E-state index contributed by atoms with van der Waals surface area (Å²) in [4.78, 5) is 12.8. The Morgan fingerprint density at radius 1 is 0.966 bits per heavy atom. The fourth-order valence-corrected chi connectivity index (χ4v) is 3.15. The number of nitrogens with one attached hydrogen (secondary N) is 1. The number of carbonyl (C=O) groups is 1. The third-order valence-corrected chi connectivity index (χ3v) is 4.68. The van der Waals surface area contributed by atoms with Crippen LogP contribution in [0.15, 0.2) is 85.3 Å². The minimum atomic E-state index is -0.253. The van der Waals surface area contributed by atoms with E-state index in [0.717, 1.165) is 12.0 Å². The number of rotatable bonds is 8. The Balaban J connectivity index is 1.43. The number of hydrogen-bond donors (Lipinski definition) is 1. The fraction of sp³-hybridized carbons (Fsp3) is 0.182. The first kappa shape index (κ1) is 18.6. The van der Waals surface area contributed by atoms with Crippen molar-refractivity contribution in [3.05, 3.63) is 102 Å². The lowest BCUT2D eigenvalue weighted by molar-refractivity contribution is 0.0926. The zero-order valence-corrected chi connectivity index (χ0v) is 15.9. The maximum atomic E-state index is 12.8. The van der Waals surface area contributed by atoms with Gasteiger partial charge in [0, 0.05) is 18.9 Å². The van der Waals surface area contributed by atoms with E-state index in [9.17, 15) is 4.79 Å². The minimum Gasteiger partial charge on any atom is -0.342 e. The summed E-state index contributed by atoms with van der Waals surface area (Å²) in [5.74, 6) is -0.253. The second-order valence-corrected chi connectivity index (χ2v) is 6.77. The molecular weight excluding hydrogens is 364 g/mol. The fourth-order valence-electron chi connectivity index (χ4n) is 3.15. The molecule has 0 bridgehead atoms. The van der Waals surface area contributed by atoms with Gasteiger partial charge < -0.3 is 5.32 Å². The lowest BCUT2D eigenvalue weighted by atomic mass is 10.1. The Kier molecular flexibility index (Phi) is 5.76. The van der Waals surface area contributed by atoms with Gasteiger partial charge in [0.15, 0.2) is 5.69 Å². The van der Waals surface area contributed by atoms with Crippen LogP contribution in [0, 0.1) is 0 Å². The highest BCUT2D eigenvalue weighted by molar-refractivity contribution is 5.92. The zero-order valence-electron chi connectivity index (χ0n) is 15.9. The van der Waals surface area contributed by atoms with Crippen LogP contribution < -0.4 is 5.32 Å². The molecule has 2 aromatic heterocycles.